The lowest BCUT2D eigenvalue weighted by Crippen LogP contribution is -2.48. The first-order valence-electron chi connectivity index (χ1n) is 8.86. The van der Waals surface area contributed by atoms with E-state index in [1.54, 1.807) is 20.2 Å². The Morgan fingerprint density at radius 3 is 2.77 bits per heavy atom. The van der Waals surface area contributed by atoms with Crippen molar-refractivity contribution in [3.63, 3.8) is 0 Å². The summed E-state index contributed by atoms with van der Waals surface area (Å²) in [6, 6.07) is 9.96. The van der Waals surface area contributed by atoms with E-state index in [0.29, 0.717) is 5.95 Å². The van der Waals surface area contributed by atoms with Crippen molar-refractivity contribution in [2.24, 2.45) is 0 Å². The number of nitrogens with one attached hydrogen (secondary N) is 1. The van der Waals surface area contributed by atoms with Crippen LogP contribution in [0.25, 0.3) is 0 Å². The fraction of sp³-hybridized carbons (Fsp3) is 0.421. The van der Waals surface area contributed by atoms with Crippen LogP contribution in [0.5, 0.6) is 5.75 Å². The smallest absolute Gasteiger partial charge is 0.224 e. The number of methoxy groups -OCH3 is 1. The average molecular weight is 355 g/mol. The molecule has 3 rings (SSSR count). The van der Waals surface area contributed by atoms with Crippen molar-refractivity contribution in [1.82, 2.24) is 14.9 Å². The number of hydrogen-bond acceptors (Lipinski definition) is 6. The van der Waals surface area contributed by atoms with Gasteiger partial charge in [0.05, 0.1) is 7.11 Å². The second kappa shape index (κ2) is 8.51. The molecule has 26 heavy (non-hydrogen) atoms. The van der Waals surface area contributed by atoms with Crippen molar-refractivity contribution in [1.29, 1.82) is 0 Å². The van der Waals surface area contributed by atoms with Crippen LogP contribution >= 0.6 is 0 Å². The van der Waals surface area contributed by atoms with E-state index < -0.39 is 0 Å². The number of aromatic nitrogens is 2. The van der Waals surface area contributed by atoms with Gasteiger partial charge in [0, 0.05) is 45.8 Å². The molecule has 1 aliphatic rings. The van der Waals surface area contributed by atoms with Crippen LogP contribution in [0, 0.1) is 0 Å². The number of amides is 1. The Balaban J connectivity index is 1.53. The summed E-state index contributed by atoms with van der Waals surface area (Å²) in [5.41, 5.74) is 1.20. The first kappa shape index (κ1) is 18.0. The molecule has 1 saturated heterocycles. The molecule has 2 heterocycles. The average Bonchev–Trinajstić information content (AvgIpc) is 2.68. The Morgan fingerprint density at radius 2 is 2.04 bits per heavy atom. The highest BCUT2D eigenvalue weighted by atomic mass is 16.5. The van der Waals surface area contributed by atoms with Gasteiger partial charge < -0.3 is 19.9 Å². The van der Waals surface area contributed by atoms with Gasteiger partial charge in [-0.05, 0) is 30.2 Å². The molecule has 7 nitrogen and oxygen atoms in total. The lowest BCUT2D eigenvalue weighted by molar-refractivity contribution is -0.129. The quantitative estimate of drug-likeness (QED) is 0.852. The van der Waals surface area contributed by atoms with E-state index in [4.69, 9.17) is 4.74 Å². The van der Waals surface area contributed by atoms with E-state index in [2.05, 4.69) is 26.3 Å². The van der Waals surface area contributed by atoms with E-state index >= 15 is 0 Å². The van der Waals surface area contributed by atoms with Gasteiger partial charge in [0.15, 0.2) is 0 Å². The minimum absolute atomic E-state index is 0.132. The zero-order valence-corrected chi connectivity index (χ0v) is 15.3. The van der Waals surface area contributed by atoms with Crippen LogP contribution in [0.1, 0.15) is 12.5 Å². The normalized spacial score (nSPS) is 14.2. The molecule has 1 fully saturated rings. The predicted octanol–water partition coefficient (Wildman–Crippen LogP) is 1.81. The molecule has 7 heteroatoms. The molecule has 0 unspecified atom stereocenters. The molecule has 0 aliphatic carbocycles. The Bertz CT molecular complexity index is 744. The molecule has 2 aromatic rings. The molecule has 138 valence electrons. The third-order valence-electron chi connectivity index (χ3n) is 4.52. The second-order valence-corrected chi connectivity index (χ2v) is 6.26. The molecule has 1 aromatic carbocycles. The molecular weight excluding hydrogens is 330 g/mol. The zero-order valence-electron chi connectivity index (χ0n) is 15.3. The summed E-state index contributed by atoms with van der Waals surface area (Å²) in [6.45, 7) is 5.41. The first-order chi connectivity index (χ1) is 12.7. The maximum absolute atomic E-state index is 11.4. The van der Waals surface area contributed by atoms with E-state index in [1.807, 2.05) is 29.2 Å². The molecular formula is C19H25N5O2. The number of carbonyl (C=O) groups is 1. The van der Waals surface area contributed by atoms with Crippen molar-refractivity contribution < 1.29 is 9.53 Å². The lowest BCUT2D eigenvalue weighted by Gasteiger charge is -2.34. The molecule has 1 N–H and O–H groups in total. The van der Waals surface area contributed by atoms with Crippen molar-refractivity contribution >= 4 is 17.7 Å². The van der Waals surface area contributed by atoms with Crippen LogP contribution in [0.15, 0.2) is 36.5 Å². The van der Waals surface area contributed by atoms with Gasteiger partial charge in [0.2, 0.25) is 11.9 Å². The topological polar surface area (TPSA) is 70.6 Å². The summed E-state index contributed by atoms with van der Waals surface area (Å²) in [5.74, 6) is 2.52. The number of rotatable bonds is 6. The Kier molecular flexibility index (Phi) is 5.88. The van der Waals surface area contributed by atoms with Gasteiger partial charge in [-0.25, -0.2) is 4.98 Å². The second-order valence-electron chi connectivity index (χ2n) is 6.26. The number of ether oxygens (including phenoxy) is 1. The summed E-state index contributed by atoms with van der Waals surface area (Å²) in [4.78, 5) is 24.4. The molecule has 0 atom stereocenters. The molecule has 0 spiro atoms. The maximum Gasteiger partial charge on any atom is 0.224 e. The fourth-order valence-electron chi connectivity index (χ4n) is 3.01. The number of carbonyl (C=O) groups excluding carboxylic acids is 1. The summed E-state index contributed by atoms with van der Waals surface area (Å²) < 4.78 is 5.25. The van der Waals surface area contributed by atoms with Crippen molar-refractivity contribution in [3.8, 4) is 5.75 Å². The number of benzene rings is 1. The minimum Gasteiger partial charge on any atom is -0.497 e. The van der Waals surface area contributed by atoms with Gasteiger partial charge in [-0.3, -0.25) is 4.79 Å². The Labute approximate surface area is 154 Å². The van der Waals surface area contributed by atoms with Gasteiger partial charge in [-0.2, -0.15) is 4.98 Å². The van der Waals surface area contributed by atoms with E-state index in [1.165, 1.54) is 5.56 Å². The van der Waals surface area contributed by atoms with Crippen LogP contribution in [-0.4, -0.2) is 60.6 Å². The first-order valence-corrected chi connectivity index (χ1v) is 8.86. The highest BCUT2D eigenvalue weighted by molar-refractivity contribution is 5.73. The van der Waals surface area contributed by atoms with Crippen LogP contribution in [0.3, 0.4) is 0 Å². The van der Waals surface area contributed by atoms with Gasteiger partial charge in [-0.1, -0.05) is 12.1 Å². The monoisotopic (exact) mass is 355 g/mol. The third-order valence-corrected chi connectivity index (χ3v) is 4.52. The minimum atomic E-state index is 0.132. The summed E-state index contributed by atoms with van der Waals surface area (Å²) in [7, 11) is 1.67. The van der Waals surface area contributed by atoms with Gasteiger partial charge >= 0.3 is 0 Å². The molecule has 1 amide bonds. The van der Waals surface area contributed by atoms with Crippen molar-refractivity contribution in [2.75, 3.05) is 50.1 Å². The third kappa shape index (κ3) is 4.62. The zero-order chi connectivity index (χ0) is 18.4. The number of anilines is 2. The van der Waals surface area contributed by atoms with Gasteiger partial charge in [-0.15, -0.1) is 0 Å². The largest absolute Gasteiger partial charge is 0.497 e. The van der Waals surface area contributed by atoms with E-state index in [-0.39, 0.29) is 5.91 Å². The fourth-order valence-corrected chi connectivity index (χ4v) is 3.01. The van der Waals surface area contributed by atoms with Crippen LogP contribution < -0.4 is 15.0 Å². The molecule has 0 radical (unpaired) electrons. The number of hydrogen-bond donors (Lipinski definition) is 1. The van der Waals surface area contributed by atoms with Crippen LogP contribution in [-0.2, 0) is 11.2 Å². The summed E-state index contributed by atoms with van der Waals surface area (Å²) in [5, 5.41) is 3.28. The summed E-state index contributed by atoms with van der Waals surface area (Å²) in [6.07, 6.45) is 2.63. The van der Waals surface area contributed by atoms with Crippen LogP contribution in [0.4, 0.5) is 11.8 Å². The molecule has 0 saturated carbocycles. The SMILES string of the molecule is COc1cccc(CCNc2nccc(N3CCN(C(C)=O)CC3)n2)c1. The highest BCUT2D eigenvalue weighted by Gasteiger charge is 2.19. The highest BCUT2D eigenvalue weighted by Crippen LogP contribution is 2.16. The Morgan fingerprint density at radius 1 is 1.23 bits per heavy atom. The van der Waals surface area contributed by atoms with Gasteiger partial charge in [0.1, 0.15) is 11.6 Å². The molecule has 0 bridgehead atoms. The van der Waals surface area contributed by atoms with E-state index in [0.717, 1.165) is 50.7 Å². The lowest BCUT2D eigenvalue weighted by atomic mass is 10.1. The van der Waals surface area contributed by atoms with Crippen LogP contribution in [0.2, 0.25) is 0 Å². The molecule has 1 aliphatic heterocycles. The van der Waals surface area contributed by atoms with Crippen molar-refractivity contribution in [3.05, 3.63) is 42.1 Å². The van der Waals surface area contributed by atoms with Gasteiger partial charge in [0.25, 0.3) is 0 Å². The molecule has 1 aromatic heterocycles. The Hall–Kier alpha value is -2.83. The standard InChI is InChI=1S/C19H25N5O2/c1-15(25)23-10-12-24(13-11-23)18-7-9-21-19(22-18)20-8-6-16-4-3-5-17(14-16)26-2/h3-5,7,9,14H,6,8,10-13H2,1-2H3,(H,20,21,22). The maximum atomic E-state index is 11.4. The summed E-state index contributed by atoms with van der Waals surface area (Å²) >= 11 is 0. The van der Waals surface area contributed by atoms with E-state index in [9.17, 15) is 4.79 Å². The number of piperazine rings is 1. The number of nitrogens with zero attached hydrogens (tertiary/aromatic N) is 4. The van der Waals surface area contributed by atoms with Crippen molar-refractivity contribution in [2.45, 2.75) is 13.3 Å². The predicted molar refractivity (Wildman–Crippen MR) is 102 cm³/mol.